The standard InChI is InChI=1S/C13H13NO4/c1-7-6-10-11(14-8(2)15)5-4-9(12(10)18-7)13(16)17-3/h4-6H,1-3H3,(H,14,15). The molecule has 0 aliphatic heterocycles. The van der Waals surface area contributed by atoms with Crippen LogP contribution in [0.1, 0.15) is 23.0 Å². The van der Waals surface area contributed by atoms with Crippen molar-refractivity contribution in [2.45, 2.75) is 13.8 Å². The van der Waals surface area contributed by atoms with Gasteiger partial charge in [0, 0.05) is 12.3 Å². The molecule has 2 aromatic rings. The van der Waals surface area contributed by atoms with E-state index < -0.39 is 5.97 Å². The lowest BCUT2D eigenvalue weighted by atomic mass is 10.1. The molecule has 5 heteroatoms. The maximum atomic E-state index is 11.6. The van der Waals surface area contributed by atoms with Crippen molar-refractivity contribution in [2.24, 2.45) is 0 Å². The van der Waals surface area contributed by atoms with Gasteiger partial charge in [-0.15, -0.1) is 0 Å². The summed E-state index contributed by atoms with van der Waals surface area (Å²) >= 11 is 0. The van der Waals surface area contributed by atoms with Crippen molar-refractivity contribution < 1.29 is 18.7 Å². The average Bonchev–Trinajstić information content (AvgIpc) is 2.69. The van der Waals surface area contributed by atoms with Crippen LogP contribution in [0.15, 0.2) is 22.6 Å². The largest absolute Gasteiger partial charge is 0.465 e. The van der Waals surface area contributed by atoms with Crippen molar-refractivity contribution >= 4 is 28.5 Å². The quantitative estimate of drug-likeness (QED) is 0.828. The molecule has 0 bridgehead atoms. The molecule has 0 atom stereocenters. The summed E-state index contributed by atoms with van der Waals surface area (Å²) in [5, 5.41) is 3.38. The Balaban J connectivity index is 2.65. The van der Waals surface area contributed by atoms with Crippen LogP contribution in [0.3, 0.4) is 0 Å². The van der Waals surface area contributed by atoms with E-state index in [1.807, 2.05) is 0 Å². The molecular formula is C13H13NO4. The van der Waals surface area contributed by atoms with Crippen molar-refractivity contribution in [1.82, 2.24) is 0 Å². The van der Waals surface area contributed by atoms with E-state index in [0.717, 1.165) is 0 Å². The zero-order valence-electron chi connectivity index (χ0n) is 10.4. The van der Waals surface area contributed by atoms with Gasteiger partial charge in [-0.25, -0.2) is 4.79 Å². The third-order valence-electron chi connectivity index (χ3n) is 2.52. The average molecular weight is 247 g/mol. The number of carbonyl (C=O) groups excluding carboxylic acids is 2. The SMILES string of the molecule is COC(=O)c1ccc(NC(C)=O)c2cc(C)oc12. The fourth-order valence-electron chi connectivity index (χ4n) is 1.82. The van der Waals surface area contributed by atoms with Crippen LogP contribution in [-0.2, 0) is 9.53 Å². The molecule has 0 unspecified atom stereocenters. The number of amides is 1. The molecule has 0 fully saturated rings. The molecule has 1 amide bonds. The van der Waals surface area contributed by atoms with Crippen LogP contribution in [0.4, 0.5) is 5.69 Å². The zero-order valence-corrected chi connectivity index (χ0v) is 10.4. The first-order valence-corrected chi connectivity index (χ1v) is 5.42. The third kappa shape index (κ3) is 2.07. The van der Waals surface area contributed by atoms with Gasteiger partial charge in [-0.2, -0.15) is 0 Å². The van der Waals surface area contributed by atoms with Crippen LogP contribution in [0.5, 0.6) is 0 Å². The van der Waals surface area contributed by atoms with Gasteiger partial charge in [0.2, 0.25) is 5.91 Å². The minimum Gasteiger partial charge on any atom is -0.465 e. The highest BCUT2D eigenvalue weighted by atomic mass is 16.5. The molecule has 1 aromatic carbocycles. The highest BCUT2D eigenvalue weighted by molar-refractivity contribution is 6.08. The van der Waals surface area contributed by atoms with Crippen LogP contribution < -0.4 is 5.32 Å². The number of nitrogens with one attached hydrogen (secondary N) is 1. The molecule has 0 aliphatic carbocycles. The molecule has 2 rings (SSSR count). The number of esters is 1. The molecular weight excluding hydrogens is 234 g/mol. The Morgan fingerprint density at radius 3 is 2.67 bits per heavy atom. The summed E-state index contributed by atoms with van der Waals surface area (Å²) < 4.78 is 10.2. The topological polar surface area (TPSA) is 68.5 Å². The van der Waals surface area contributed by atoms with Crippen LogP contribution in [0.25, 0.3) is 11.0 Å². The summed E-state index contributed by atoms with van der Waals surface area (Å²) in [5.74, 6) is 0.0117. The van der Waals surface area contributed by atoms with Gasteiger partial charge in [0.1, 0.15) is 11.3 Å². The van der Waals surface area contributed by atoms with E-state index in [-0.39, 0.29) is 5.91 Å². The maximum Gasteiger partial charge on any atom is 0.341 e. The second-order valence-corrected chi connectivity index (χ2v) is 3.93. The van der Waals surface area contributed by atoms with E-state index >= 15 is 0 Å². The van der Waals surface area contributed by atoms with E-state index in [4.69, 9.17) is 4.42 Å². The molecule has 0 saturated carbocycles. The molecule has 1 N–H and O–H groups in total. The van der Waals surface area contributed by atoms with E-state index in [1.165, 1.54) is 14.0 Å². The fraction of sp³-hybridized carbons (Fsp3) is 0.231. The van der Waals surface area contributed by atoms with Crippen LogP contribution in [0.2, 0.25) is 0 Å². The molecule has 0 saturated heterocycles. The van der Waals surface area contributed by atoms with Gasteiger partial charge < -0.3 is 14.5 Å². The third-order valence-corrected chi connectivity index (χ3v) is 2.52. The summed E-state index contributed by atoms with van der Waals surface area (Å²) in [6.45, 7) is 3.20. The molecule has 0 spiro atoms. The Kier molecular flexibility index (Phi) is 3.06. The van der Waals surface area contributed by atoms with Crippen molar-refractivity contribution in [2.75, 3.05) is 12.4 Å². The molecule has 0 radical (unpaired) electrons. The first kappa shape index (κ1) is 12.2. The Bertz CT molecular complexity index is 627. The van der Waals surface area contributed by atoms with Gasteiger partial charge in [-0.1, -0.05) is 0 Å². The van der Waals surface area contributed by atoms with Crippen LogP contribution in [-0.4, -0.2) is 19.0 Å². The second kappa shape index (κ2) is 4.52. The van der Waals surface area contributed by atoms with Crippen molar-refractivity contribution in [3.63, 3.8) is 0 Å². The minimum absolute atomic E-state index is 0.180. The van der Waals surface area contributed by atoms with Gasteiger partial charge in [-0.3, -0.25) is 4.79 Å². The lowest BCUT2D eigenvalue weighted by Crippen LogP contribution is -2.07. The number of benzene rings is 1. The highest BCUT2D eigenvalue weighted by Gasteiger charge is 2.17. The van der Waals surface area contributed by atoms with Gasteiger partial charge >= 0.3 is 5.97 Å². The molecule has 1 aromatic heterocycles. The predicted molar refractivity (Wildman–Crippen MR) is 66.6 cm³/mol. The van der Waals surface area contributed by atoms with Crippen molar-refractivity contribution in [3.05, 3.63) is 29.5 Å². The Labute approximate surface area is 104 Å². The second-order valence-electron chi connectivity index (χ2n) is 3.93. The van der Waals surface area contributed by atoms with E-state index in [9.17, 15) is 9.59 Å². The lowest BCUT2D eigenvalue weighted by molar-refractivity contribution is -0.114. The fourth-order valence-corrected chi connectivity index (χ4v) is 1.82. The number of furan rings is 1. The Hall–Kier alpha value is -2.30. The zero-order chi connectivity index (χ0) is 13.3. The van der Waals surface area contributed by atoms with Gasteiger partial charge in [0.25, 0.3) is 0 Å². The molecule has 5 nitrogen and oxygen atoms in total. The van der Waals surface area contributed by atoms with Gasteiger partial charge in [-0.05, 0) is 25.1 Å². The number of fused-ring (bicyclic) bond motifs is 1. The number of aryl methyl sites for hydroxylation is 1. The molecule has 94 valence electrons. The van der Waals surface area contributed by atoms with Crippen molar-refractivity contribution in [3.8, 4) is 0 Å². The van der Waals surface area contributed by atoms with Crippen LogP contribution >= 0.6 is 0 Å². The van der Waals surface area contributed by atoms with Crippen LogP contribution in [0, 0.1) is 6.92 Å². The number of anilines is 1. The summed E-state index contributed by atoms with van der Waals surface area (Å²) in [7, 11) is 1.31. The molecule has 1 heterocycles. The summed E-state index contributed by atoms with van der Waals surface area (Å²) in [4.78, 5) is 22.7. The Morgan fingerprint density at radius 1 is 1.33 bits per heavy atom. The monoisotopic (exact) mass is 247 g/mol. The van der Waals surface area contributed by atoms with Crippen molar-refractivity contribution in [1.29, 1.82) is 0 Å². The molecule has 18 heavy (non-hydrogen) atoms. The van der Waals surface area contributed by atoms with Gasteiger partial charge in [0.15, 0.2) is 5.58 Å². The Morgan fingerprint density at radius 2 is 2.06 bits per heavy atom. The molecule has 0 aliphatic rings. The smallest absolute Gasteiger partial charge is 0.341 e. The number of hydrogen-bond acceptors (Lipinski definition) is 4. The van der Waals surface area contributed by atoms with E-state index in [0.29, 0.717) is 28.0 Å². The normalized spacial score (nSPS) is 10.4. The number of hydrogen-bond donors (Lipinski definition) is 1. The summed E-state index contributed by atoms with van der Waals surface area (Å²) in [5.41, 5.74) is 1.38. The summed E-state index contributed by atoms with van der Waals surface area (Å²) in [6, 6.07) is 5.00. The predicted octanol–water partition coefficient (Wildman–Crippen LogP) is 2.49. The number of ether oxygens (including phenoxy) is 1. The first-order valence-electron chi connectivity index (χ1n) is 5.42. The maximum absolute atomic E-state index is 11.6. The first-order chi connectivity index (χ1) is 8.52. The lowest BCUT2D eigenvalue weighted by Gasteiger charge is -2.05. The van der Waals surface area contributed by atoms with E-state index in [2.05, 4.69) is 10.1 Å². The minimum atomic E-state index is -0.469. The number of rotatable bonds is 2. The van der Waals surface area contributed by atoms with Gasteiger partial charge in [0.05, 0.1) is 12.8 Å². The number of carbonyl (C=O) groups is 2. The number of methoxy groups -OCH3 is 1. The highest BCUT2D eigenvalue weighted by Crippen LogP contribution is 2.30. The summed E-state index contributed by atoms with van der Waals surface area (Å²) in [6.07, 6.45) is 0. The van der Waals surface area contributed by atoms with E-state index in [1.54, 1.807) is 25.1 Å².